The minimum Gasteiger partial charge on any atom is -0.303 e. The lowest BCUT2D eigenvalue weighted by Crippen LogP contribution is -2.17. The topological polar surface area (TPSA) is 29.1 Å². The minimum atomic E-state index is -0.0498. The Labute approximate surface area is 71.6 Å². The van der Waals surface area contributed by atoms with Crippen LogP contribution in [0.15, 0.2) is 30.3 Å². The van der Waals surface area contributed by atoms with Gasteiger partial charge in [0.2, 0.25) is 0 Å². The lowest BCUT2D eigenvalue weighted by molar-refractivity contribution is -0.118. The van der Waals surface area contributed by atoms with Crippen LogP contribution in [0.25, 0.3) is 0 Å². The Morgan fingerprint density at radius 3 is 2.58 bits per heavy atom. The number of hydrogen-bond donors (Lipinski definition) is 1. The number of carbonyl (C=O) groups is 1. The lowest BCUT2D eigenvalue weighted by Gasteiger charge is -2.07. The predicted molar refractivity (Wildman–Crippen MR) is 46.8 cm³/mol. The molecule has 2 nitrogen and oxygen atoms in total. The Bertz CT molecular complexity index is 281. The molecule has 1 heterocycles. The fourth-order valence-corrected chi connectivity index (χ4v) is 1.55. The summed E-state index contributed by atoms with van der Waals surface area (Å²) >= 11 is 0. The van der Waals surface area contributed by atoms with Gasteiger partial charge in [0.05, 0.1) is 6.04 Å². The molecule has 0 aromatic heterocycles. The van der Waals surface area contributed by atoms with Crippen molar-refractivity contribution in [2.24, 2.45) is 0 Å². The molecule has 0 radical (unpaired) electrons. The van der Waals surface area contributed by atoms with E-state index < -0.39 is 0 Å². The van der Waals surface area contributed by atoms with Crippen LogP contribution in [0.1, 0.15) is 18.0 Å². The smallest absolute Gasteiger partial charge is 0.155 e. The third-order valence-electron chi connectivity index (χ3n) is 2.17. The van der Waals surface area contributed by atoms with Crippen molar-refractivity contribution in [1.29, 1.82) is 0 Å². The molecular formula is C10H11NO. The van der Waals surface area contributed by atoms with Gasteiger partial charge in [-0.15, -0.1) is 0 Å². The first-order valence-electron chi connectivity index (χ1n) is 4.19. The van der Waals surface area contributed by atoms with Crippen LogP contribution in [0.4, 0.5) is 0 Å². The first-order chi connectivity index (χ1) is 5.88. The molecule has 0 unspecified atom stereocenters. The van der Waals surface area contributed by atoms with Crippen LogP contribution in [0.3, 0.4) is 0 Å². The zero-order valence-electron chi connectivity index (χ0n) is 6.79. The van der Waals surface area contributed by atoms with Crippen LogP contribution in [0.2, 0.25) is 0 Å². The van der Waals surface area contributed by atoms with Crippen molar-refractivity contribution in [2.45, 2.75) is 12.5 Å². The van der Waals surface area contributed by atoms with E-state index in [1.165, 1.54) is 0 Å². The Hall–Kier alpha value is -1.15. The second kappa shape index (κ2) is 3.07. The number of ketones is 1. The van der Waals surface area contributed by atoms with Gasteiger partial charge in [-0.05, 0) is 5.56 Å². The fraction of sp³-hybridized carbons (Fsp3) is 0.300. The average Bonchev–Trinajstić information content (AvgIpc) is 2.53. The Morgan fingerprint density at radius 2 is 2.00 bits per heavy atom. The molecule has 1 saturated heterocycles. The van der Waals surface area contributed by atoms with Crippen molar-refractivity contribution in [3.8, 4) is 0 Å². The van der Waals surface area contributed by atoms with Crippen LogP contribution in [0, 0.1) is 0 Å². The molecule has 0 amide bonds. The normalized spacial score (nSPS) is 23.0. The molecule has 2 heteroatoms. The van der Waals surface area contributed by atoms with Gasteiger partial charge >= 0.3 is 0 Å². The minimum absolute atomic E-state index is 0.0498. The van der Waals surface area contributed by atoms with E-state index in [2.05, 4.69) is 5.32 Å². The maximum absolute atomic E-state index is 11.3. The zero-order valence-corrected chi connectivity index (χ0v) is 6.79. The summed E-state index contributed by atoms with van der Waals surface area (Å²) < 4.78 is 0. The van der Waals surface area contributed by atoms with Gasteiger partial charge < -0.3 is 5.32 Å². The first-order valence-corrected chi connectivity index (χ1v) is 4.19. The van der Waals surface area contributed by atoms with Crippen molar-refractivity contribution in [3.63, 3.8) is 0 Å². The highest BCUT2D eigenvalue weighted by Gasteiger charge is 2.24. The largest absolute Gasteiger partial charge is 0.303 e. The molecule has 0 saturated carbocycles. The molecule has 62 valence electrons. The van der Waals surface area contributed by atoms with Crippen LogP contribution in [-0.4, -0.2) is 12.3 Å². The monoisotopic (exact) mass is 161 g/mol. The molecule has 1 aliphatic heterocycles. The Kier molecular flexibility index (Phi) is 1.92. The zero-order chi connectivity index (χ0) is 8.39. The van der Waals surface area contributed by atoms with Crippen molar-refractivity contribution in [3.05, 3.63) is 35.9 Å². The summed E-state index contributed by atoms with van der Waals surface area (Å²) in [6, 6.07) is 9.81. The van der Waals surface area contributed by atoms with E-state index in [0.29, 0.717) is 12.2 Å². The molecule has 1 fully saturated rings. The maximum atomic E-state index is 11.3. The van der Waals surface area contributed by atoms with Crippen LogP contribution >= 0.6 is 0 Å². The molecule has 1 aromatic rings. The fourth-order valence-electron chi connectivity index (χ4n) is 1.55. The summed E-state index contributed by atoms with van der Waals surface area (Å²) in [6.07, 6.45) is 0.666. The number of rotatable bonds is 1. The third kappa shape index (κ3) is 1.25. The molecule has 0 spiro atoms. The summed E-state index contributed by atoms with van der Waals surface area (Å²) in [5.74, 6) is 0.307. The molecule has 1 aliphatic rings. The molecule has 0 bridgehead atoms. The molecule has 12 heavy (non-hydrogen) atoms. The molecule has 1 aromatic carbocycles. The summed E-state index contributed by atoms with van der Waals surface area (Å²) in [4.78, 5) is 11.3. The standard InChI is InChI=1S/C10H11NO/c12-9-6-7-11-10(9)8-4-2-1-3-5-8/h1-5,10-11H,6-7H2/t10-/m0/s1. The van der Waals surface area contributed by atoms with Crippen molar-refractivity contribution < 1.29 is 4.79 Å². The van der Waals surface area contributed by atoms with Gasteiger partial charge in [-0.3, -0.25) is 4.79 Å². The highest BCUT2D eigenvalue weighted by molar-refractivity contribution is 5.87. The SMILES string of the molecule is O=C1CCN[C@H]1c1ccccc1. The van der Waals surface area contributed by atoms with E-state index in [1.54, 1.807) is 0 Å². The van der Waals surface area contributed by atoms with E-state index in [1.807, 2.05) is 30.3 Å². The van der Waals surface area contributed by atoms with Gasteiger partial charge in [-0.1, -0.05) is 30.3 Å². The molecule has 1 N–H and O–H groups in total. The summed E-state index contributed by atoms with van der Waals surface area (Å²) in [7, 11) is 0. The van der Waals surface area contributed by atoms with Gasteiger partial charge in [-0.25, -0.2) is 0 Å². The molecular weight excluding hydrogens is 150 g/mol. The quantitative estimate of drug-likeness (QED) is 0.672. The highest BCUT2D eigenvalue weighted by atomic mass is 16.1. The predicted octanol–water partition coefficient (Wildman–Crippen LogP) is 1.29. The molecule has 1 atom stereocenters. The lowest BCUT2D eigenvalue weighted by atomic mass is 10.1. The van der Waals surface area contributed by atoms with E-state index in [9.17, 15) is 4.79 Å². The van der Waals surface area contributed by atoms with Crippen LogP contribution in [-0.2, 0) is 4.79 Å². The number of Topliss-reactive ketones (excluding diaryl/α,β-unsaturated/α-hetero) is 1. The van der Waals surface area contributed by atoms with Crippen molar-refractivity contribution in [2.75, 3.05) is 6.54 Å². The molecule has 0 aliphatic carbocycles. The molecule has 2 rings (SSSR count). The number of nitrogens with one attached hydrogen (secondary N) is 1. The number of benzene rings is 1. The Morgan fingerprint density at radius 1 is 1.25 bits per heavy atom. The third-order valence-corrected chi connectivity index (χ3v) is 2.17. The number of carbonyl (C=O) groups excluding carboxylic acids is 1. The van der Waals surface area contributed by atoms with Gasteiger partial charge in [0.1, 0.15) is 0 Å². The van der Waals surface area contributed by atoms with Crippen LogP contribution < -0.4 is 5.32 Å². The summed E-state index contributed by atoms with van der Waals surface area (Å²) in [5, 5.41) is 3.17. The average molecular weight is 161 g/mol. The maximum Gasteiger partial charge on any atom is 0.155 e. The second-order valence-corrected chi connectivity index (χ2v) is 3.01. The van der Waals surface area contributed by atoms with Gasteiger partial charge in [0, 0.05) is 13.0 Å². The van der Waals surface area contributed by atoms with Crippen molar-refractivity contribution in [1.82, 2.24) is 5.32 Å². The Balaban J connectivity index is 2.25. The van der Waals surface area contributed by atoms with Crippen LogP contribution in [0.5, 0.6) is 0 Å². The second-order valence-electron chi connectivity index (χ2n) is 3.01. The van der Waals surface area contributed by atoms with Gasteiger partial charge in [0.25, 0.3) is 0 Å². The summed E-state index contributed by atoms with van der Waals surface area (Å²) in [6.45, 7) is 0.818. The number of hydrogen-bond acceptors (Lipinski definition) is 2. The van der Waals surface area contributed by atoms with E-state index in [-0.39, 0.29) is 6.04 Å². The summed E-state index contributed by atoms with van der Waals surface area (Å²) in [5.41, 5.74) is 1.08. The first kappa shape index (κ1) is 7.50. The van der Waals surface area contributed by atoms with Gasteiger partial charge in [-0.2, -0.15) is 0 Å². The highest BCUT2D eigenvalue weighted by Crippen LogP contribution is 2.18. The van der Waals surface area contributed by atoms with E-state index >= 15 is 0 Å². The van der Waals surface area contributed by atoms with E-state index in [0.717, 1.165) is 12.1 Å². The van der Waals surface area contributed by atoms with Crippen molar-refractivity contribution >= 4 is 5.78 Å². The van der Waals surface area contributed by atoms with E-state index in [4.69, 9.17) is 0 Å². The van der Waals surface area contributed by atoms with Gasteiger partial charge in [0.15, 0.2) is 5.78 Å².